The number of carbonyl (C=O) groups is 1. The molecule has 0 radical (unpaired) electrons. The smallest absolute Gasteiger partial charge is 0.319 e. The van der Waals surface area contributed by atoms with Gasteiger partial charge in [0.15, 0.2) is 0 Å². The molecule has 0 aliphatic rings. The molecule has 0 unspecified atom stereocenters. The van der Waals surface area contributed by atoms with Crippen molar-refractivity contribution < 1.29 is 4.79 Å². The van der Waals surface area contributed by atoms with Gasteiger partial charge >= 0.3 is 6.03 Å². The highest BCUT2D eigenvalue weighted by atomic mass is 16.2. The van der Waals surface area contributed by atoms with Crippen LogP contribution in [-0.4, -0.2) is 11.0 Å². The number of nitrogens with zero attached hydrogens (tertiary/aromatic N) is 1. The third-order valence-corrected chi connectivity index (χ3v) is 2.25. The third-order valence-electron chi connectivity index (χ3n) is 2.25. The van der Waals surface area contributed by atoms with Gasteiger partial charge in [-0.05, 0) is 37.6 Å². The van der Waals surface area contributed by atoms with E-state index in [2.05, 4.69) is 22.2 Å². The lowest BCUT2D eigenvalue weighted by molar-refractivity contribution is 0.243. The van der Waals surface area contributed by atoms with E-state index in [-0.39, 0.29) is 6.03 Å². The Hall–Kier alpha value is -2.36. The van der Waals surface area contributed by atoms with Gasteiger partial charge in [-0.1, -0.05) is 24.3 Å². The van der Waals surface area contributed by atoms with Gasteiger partial charge in [0.05, 0.1) is 0 Å². The normalized spacial score (nSPS) is 10.5. The molecular weight excluding hydrogens is 238 g/mol. The summed E-state index contributed by atoms with van der Waals surface area (Å²) in [6.45, 7) is 8.07. The number of pyridine rings is 1. The molecule has 0 fully saturated rings. The van der Waals surface area contributed by atoms with Gasteiger partial charge < -0.3 is 10.6 Å². The van der Waals surface area contributed by atoms with Crippen molar-refractivity contribution in [3.63, 3.8) is 0 Å². The highest BCUT2D eigenvalue weighted by Crippen LogP contribution is 1.97. The number of amides is 2. The molecule has 1 aromatic heterocycles. The second kappa shape index (κ2) is 7.87. The molecule has 0 saturated carbocycles. The molecule has 1 heterocycles. The maximum Gasteiger partial charge on any atom is 0.319 e. The van der Waals surface area contributed by atoms with Crippen LogP contribution in [0.5, 0.6) is 0 Å². The highest BCUT2D eigenvalue weighted by Gasteiger charge is 2.01. The summed E-state index contributed by atoms with van der Waals surface area (Å²) < 4.78 is 0. The largest absolute Gasteiger partial charge is 0.334 e. The minimum atomic E-state index is -0.267. The van der Waals surface area contributed by atoms with Crippen molar-refractivity contribution in [2.75, 3.05) is 0 Å². The first-order valence-corrected chi connectivity index (χ1v) is 6.03. The Morgan fingerprint density at radius 2 is 2.21 bits per heavy atom. The molecule has 1 rings (SSSR count). The number of allylic oxidation sites excluding steroid dienone is 4. The molecule has 0 aliphatic heterocycles. The van der Waals surface area contributed by atoms with Crippen LogP contribution in [0.15, 0.2) is 60.6 Å². The summed E-state index contributed by atoms with van der Waals surface area (Å²) in [4.78, 5) is 15.7. The van der Waals surface area contributed by atoms with Crippen LogP contribution in [0.25, 0.3) is 0 Å². The Morgan fingerprint density at radius 1 is 1.42 bits per heavy atom. The van der Waals surface area contributed by atoms with E-state index in [1.807, 2.05) is 38.1 Å². The number of aromatic nitrogens is 1. The first kappa shape index (κ1) is 14.7. The Labute approximate surface area is 113 Å². The summed E-state index contributed by atoms with van der Waals surface area (Å²) in [5.74, 6) is 0. The molecule has 0 spiro atoms. The van der Waals surface area contributed by atoms with Crippen LogP contribution in [0, 0.1) is 0 Å². The Morgan fingerprint density at radius 3 is 2.79 bits per heavy atom. The molecular formula is C15H19N3O. The second-order valence-corrected chi connectivity index (χ2v) is 4.24. The fraction of sp³-hybridized carbons (Fsp3) is 0.200. The van der Waals surface area contributed by atoms with E-state index >= 15 is 0 Å². The maximum atomic E-state index is 11.7. The van der Waals surface area contributed by atoms with Crippen molar-refractivity contribution >= 4 is 6.03 Å². The monoisotopic (exact) mass is 257 g/mol. The van der Waals surface area contributed by atoms with E-state index in [9.17, 15) is 4.79 Å². The number of carbonyl (C=O) groups excluding carboxylic acids is 1. The van der Waals surface area contributed by atoms with Gasteiger partial charge in [0.25, 0.3) is 0 Å². The highest BCUT2D eigenvalue weighted by molar-refractivity contribution is 5.76. The number of hydrogen-bond donors (Lipinski definition) is 2. The van der Waals surface area contributed by atoms with Crippen LogP contribution < -0.4 is 10.6 Å². The summed E-state index contributed by atoms with van der Waals surface area (Å²) >= 11 is 0. The predicted octanol–water partition coefficient (Wildman–Crippen LogP) is 2.92. The molecule has 19 heavy (non-hydrogen) atoms. The molecule has 1 aromatic rings. The minimum absolute atomic E-state index is 0.267. The number of rotatable bonds is 5. The van der Waals surface area contributed by atoms with E-state index in [1.54, 1.807) is 18.5 Å². The second-order valence-electron chi connectivity index (χ2n) is 4.24. The van der Waals surface area contributed by atoms with Crippen molar-refractivity contribution in [3.8, 4) is 0 Å². The first-order chi connectivity index (χ1) is 9.11. The van der Waals surface area contributed by atoms with Gasteiger partial charge in [0.2, 0.25) is 0 Å². The van der Waals surface area contributed by atoms with E-state index in [0.717, 1.165) is 11.1 Å². The van der Waals surface area contributed by atoms with Gasteiger partial charge in [-0.3, -0.25) is 4.98 Å². The molecule has 0 atom stereocenters. The van der Waals surface area contributed by atoms with Gasteiger partial charge in [0.1, 0.15) is 0 Å². The van der Waals surface area contributed by atoms with Gasteiger partial charge in [0, 0.05) is 24.6 Å². The van der Waals surface area contributed by atoms with E-state index < -0.39 is 0 Å². The zero-order chi connectivity index (χ0) is 14.1. The topological polar surface area (TPSA) is 54.0 Å². The minimum Gasteiger partial charge on any atom is -0.334 e. The average Bonchev–Trinajstić information content (AvgIpc) is 2.42. The molecule has 2 N–H and O–H groups in total. The summed E-state index contributed by atoms with van der Waals surface area (Å²) in [6.07, 6.45) is 8.74. The Bertz CT molecular complexity index is 485. The van der Waals surface area contributed by atoms with Crippen molar-refractivity contribution in [1.29, 1.82) is 0 Å². The summed E-state index contributed by atoms with van der Waals surface area (Å²) in [5.41, 5.74) is 2.76. The lowest BCUT2D eigenvalue weighted by Crippen LogP contribution is -2.34. The van der Waals surface area contributed by atoms with Crippen molar-refractivity contribution in [2.45, 2.75) is 20.4 Å². The van der Waals surface area contributed by atoms with Crippen molar-refractivity contribution in [1.82, 2.24) is 15.6 Å². The quantitative estimate of drug-likeness (QED) is 0.797. The summed E-state index contributed by atoms with van der Waals surface area (Å²) in [6, 6.07) is 3.47. The summed E-state index contributed by atoms with van der Waals surface area (Å²) in [5, 5.41) is 5.47. The van der Waals surface area contributed by atoms with Crippen molar-refractivity contribution in [3.05, 3.63) is 66.2 Å². The average molecular weight is 257 g/mol. The molecule has 100 valence electrons. The molecule has 0 aliphatic carbocycles. The van der Waals surface area contributed by atoms with Crippen LogP contribution in [-0.2, 0) is 6.54 Å². The Balaban J connectivity index is 2.48. The lowest BCUT2D eigenvalue weighted by Gasteiger charge is -2.07. The zero-order valence-corrected chi connectivity index (χ0v) is 11.3. The summed E-state index contributed by atoms with van der Waals surface area (Å²) in [7, 11) is 0. The fourth-order valence-corrected chi connectivity index (χ4v) is 1.28. The fourth-order valence-electron chi connectivity index (χ4n) is 1.28. The standard InChI is InChI=1S/C15H19N3O/c1-4-14(8-7-12(2)3)18-15(19)17-11-13-6-5-9-16-10-13/h4-10H,1,11H2,2-3H3,(H2,17,18,19)/b14-8+. The lowest BCUT2D eigenvalue weighted by atomic mass is 10.3. The Kier molecular flexibility index (Phi) is 6.09. The van der Waals surface area contributed by atoms with E-state index in [4.69, 9.17) is 0 Å². The van der Waals surface area contributed by atoms with Gasteiger partial charge in [-0.15, -0.1) is 0 Å². The maximum absolute atomic E-state index is 11.7. The first-order valence-electron chi connectivity index (χ1n) is 6.03. The SMILES string of the molecule is C=C/C(=C\C=C(C)C)NC(=O)NCc1cccnc1. The van der Waals surface area contributed by atoms with Crippen LogP contribution in [0.1, 0.15) is 19.4 Å². The predicted molar refractivity (Wildman–Crippen MR) is 77.3 cm³/mol. The van der Waals surface area contributed by atoms with E-state index in [0.29, 0.717) is 12.2 Å². The van der Waals surface area contributed by atoms with Crippen molar-refractivity contribution in [2.24, 2.45) is 0 Å². The zero-order valence-electron chi connectivity index (χ0n) is 11.3. The number of urea groups is 1. The number of nitrogens with one attached hydrogen (secondary N) is 2. The van der Waals surface area contributed by atoms with Gasteiger partial charge in [-0.2, -0.15) is 0 Å². The van der Waals surface area contributed by atoms with Crippen LogP contribution >= 0.6 is 0 Å². The third kappa shape index (κ3) is 6.21. The number of hydrogen-bond acceptors (Lipinski definition) is 2. The molecule has 0 aromatic carbocycles. The van der Waals surface area contributed by atoms with Crippen LogP contribution in [0.3, 0.4) is 0 Å². The molecule has 4 heteroatoms. The van der Waals surface area contributed by atoms with Gasteiger partial charge in [-0.25, -0.2) is 4.79 Å². The van der Waals surface area contributed by atoms with Crippen LogP contribution in [0.4, 0.5) is 4.79 Å². The molecule has 2 amide bonds. The molecule has 4 nitrogen and oxygen atoms in total. The molecule has 0 saturated heterocycles. The molecule has 0 bridgehead atoms. The van der Waals surface area contributed by atoms with Crippen LogP contribution in [0.2, 0.25) is 0 Å². The van der Waals surface area contributed by atoms with E-state index in [1.165, 1.54) is 0 Å².